The lowest BCUT2D eigenvalue weighted by molar-refractivity contribution is 0.0978. The van der Waals surface area contributed by atoms with Crippen molar-refractivity contribution in [1.82, 2.24) is 15.2 Å². The van der Waals surface area contributed by atoms with Crippen molar-refractivity contribution in [2.45, 2.75) is 57.0 Å². The maximum atomic E-state index is 12.6. The molecule has 6 heteroatoms. The van der Waals surface area contributed by atoms with E-state index in [1.165, 1.54) is 19.3 Å². The van der Waals surface area contributed by atoms with Crippen LogP contribution in [0.25, 0.3) is 0 Å². The first-order valence-electron chi connectivity index (χ1n) is 6.49. The van der Waals surface area contributed by atoms with Crippen molar-refractivity contribution < 1.29 is 8.78 Å². The van der Waals surface area contributed by atoms with Crippen LogP contribution >= 0.6 is 0 Å². The molecular weight excluding hydrogens is 238 g/mol. The molecule has 1 atom stereocenters. The van der Waals surface area contributed by atoms with Gasteiger partial charge in [-0.2, -0.15) is 5.10 Å². The number of alkyl halides is 2. The Balaban J connectivity index is 1.96. The average molecular weight is 258 g/mol. The zero-order valence-electron chi connectivity index (χ0n) is 10.4. The van der Waals surface area contributed by atoms with Crippen molar-refractivity contribution in [2.24, 2.45) is 5.84 Å². The standard InChI is InChI=1S/C12H20F2N4/c13-12(14)11(16-15)8-9-6-7-18(17-9)10-4-2-1-3-5-10/h6-7,10-12,16H,1-5,8,15H2. The summed E-state index contributed by atoms with van der Waals surface area (Å²) in [5.74, 6) is 5.11. The van der Waals surface area contributed by atoms with Gasteiger partial charge in [-0.1, -0.05) is 19.3 Å². The van der Waals surface area contributed by atoms with E-state index in [0.29, 0.717) is 11.7 Å². The van der Waals surface area contributed by atoms with Gasteiger partial charge in [-0.3, -0.25) is 16.0 Å². The van der Waals surface area contributed by atoms with E-state index in [1.54, 1.807) is 6.07 Å². The minimum Gasteiger partial charge on any atom is -0.271 e. The number of hydrogen-bond donors (Lipinski definition) is 2. The summed E-state index contributed by atoms with van der Waals surface area (Å²) < 4.78 is 27.1. The van der Waals surface area contributed by atoms with E-state index >= 15 is 0 Å². The maximum Gasteiger partial charge on any atom is 0.255 e. The number of rotatable bonds is 5. The number of nitrogens with one attached hydrogen (secondary N) is 1. The van der Waals surface area contributed by atoms with Crippen molar-refractivity contribution in [3.8, 4) is 0 Å². The summed E-state index contributed by atoms with van der Waals surface area (Å²) in [4.78, 5) is 0. The van der Waals surface area contributed by atoms with Crippen molar-refractivity contribution in [3.63, 3.8) is 0 Å². The largest absolute Gasteiger partial charge is 0.271 e. The number of halogens is 2. The Morgan fingerprint density at radius 1 is 1.39 bits per heavy atom. The number of hydrazine groups is 1. The molecule has 1 aromatic heterocycles. The predicted molar refractivity (Wildman–Crippen MR) is 65.2 cm³/mol. The van der Waals surface area contributed by atoms with Gasteiger partial charge in [-0.05, 0) is 18.9 Å². The quantitative estimate of drug-likeness (QED) is 0.627. The highest BCUT2D eigenvalue weighted by Crippen LogP contribution is 2.27. The molecular formula is C12H20F2N4. The maximum absolute atomic E-state index is 12.6. The molecule has 0 bridgehead atoms. The fraction of sp³-hybridized carbons (Fsp3) is 0.750. The molecule has 0 saturated heterocycles. The predicted octanol–water partition coefficient (Wildman–Crippen LogP) is 2.03. The molecule has 1 aromatic rings. The van der Waals surface area contributed by atoms with Gasteiger partial charge in [0.15, 0.2) is 0 Å². The van der Waals surface area contributed by atoms with Gasteiger partial charge in [-0.25, -0.2) is 8.78 Å². The number of nitrogens with two attached hydrogens (primary N) is 1. The van der Waals surface area contributed by atoms with Gasteiger partial charge in [0, 0.05) is 12.6 Å². The molecule has 1 aliphatic carbocycles. The van der Waals surface area contributed by atoms with Crippen LogP contribution in [0.15, 0.2) is 12.3 Å². The van der Waals surface area contributed by atoms with Crippen molar-refractivity contribution >= 4 is 0 Å². The third-order valence-corrected chi connectivity index (χ3v) is 3.56. The minimum absolute atomic E-state index is 0.161. The zero-order chi connectivity index (χ0) is 13.0. The smallest absolute Gasteiger partial charge is 0.255 e. The topological polar surface area (TPSA) is 55.9 Å². The van der Waals surface area contributed by atoms with Gasteiger partial charge in [0.25, 0.3) is 6.43 Å². The Morgan fingerprint density at radius 2 is 2.11 bits per heavy atom. The monoisotopic (exact) mass is 258 g/mol. The molecule has 3 N–H and O–H groups in total. The van der Waals surface area contributed by atoms with Crippen LogP contribution in [-0.2, 0) is 6.42 Å². The van der Waals surface area contributed by atoms with Gasteiger partial charge in [0.1, 0.15) is 0 Å². The summed E-state index contributed by atoms with van der Waals surface area (Å²) >= 11 is 0. The minimum atomic E-state index is -2.48. The average Bonchev–Trinajstić information content (AvgIpc) is 2.85. The first kappa shape index (κ1) is 13.4. The summed E-state index contributed by atoms with van der Waals surface area (Å²) in [6, 6.07) is 1.21. The third kappa shape index (κ3) is 3.26. The fourth-order valence-electron chi connectivity index (χ4n) is 2.48. The number of aromatic nitrogens is 2. The molecule has 0 amide bonds. The third-order valence-electron chi connectivity index (χ3n) is 3.56. The summed E-state index contributed by atoms with van der Waals surface area (Å²) in [5, 5.41) is 4.39. The van der Waals surface area contributed by atoms with Crippen LogP contribution in [0.2, 0.25) is 0 Å². The van der Waals surface area contributed by atoms with E-state index in [1.807, 2.05) is 10.9 Å². The molecule has 0 spiro atoms. The van der Waals surface area contributed by atoms with Gasteiger partial charge in [0.05, 0.1) is 17.8 Å². The van der Waals surface area contributed by atoms with Crippen molar-refractivity contribution in [2.75, 3.05) is 0 Å². The zero-order valence-corrected chi connectivity index (χ0v) is 10.4. The normalized spacial score (nSPS) is 19.3. The highest BCUT2D eigenvalue weighted by atomic mass is 19.3. The van der Waals surface area contributed by atoms with Crippen molar-refractivity contribution in [1.29, 1.82) is 0 Å². The summed E-state index contributed by atoms with van der Waals surface area (Å²) in [5.41, 5.74) is 2.81. The lowest BCUT2D eigenvalue weighted by atomic mass is 9.96. The molecule has 102 valence electrons. The summed E-state index contributed by atoms with van der Waals surface area (Å²) in [6.07, 6.45) is 5.58. The Labute approximate surface area is 106 Å². The van der Waals surface area contributed by atoms with Crippen molar-refractivity contribution in [3.05, 3.63) is 18.0 Å². The molecule has 18 heavy (non-hydrogen) atoms. The summed E-state index contributed by atoms with van der Waals surface area (Å²) in [7, 11) is 0. The summed E-state index contributed by atoms with van der Waals surface area (Å²) in [6.45, 7) is 0. The van der Waals surface area contributed by atoms with Gasteiger partial charge >= 0.3 is 0 Å². The van der Waals surface area contributed by atoms with Crippen LogP contribution in [0, 0.1) is 0 Å². The molecule has 1 saturated carbocycles. The van der Waals surface area contributed by atoms with Crippen LogP contribution in [0.3, 0.4) is 0 Å². The molecule has 4 nitrogen and oxygen atoms in total. The van der Waals surface area contributed by atoms with Gasteiger partial charge < -0.3 is 0 Å². The lowest BCUT2D eigenvalue weighted by Crippen LogP contribution is -2.42. The van der Waals surface area contributed by atoms with E-state index in [0.717, 1.165) is 12.8 Å². The molecule has 0 aliphatic heterocycles. The Hall–Kier alpha value is -1.01. The molecule has 0 radical (unpaired) electrons. The molecule has 1 heterocycles. The molecule has 0 aromatic carbocycles. The second kappa shape index (κ2) is 6.24. The lowest BCUT2D eigenvalue weighted by Gasteiger charge is -2.21. The van der Waals surface area contributed by atoms with Crippen LogP contribution in [0.4, 0.5) is 8.78 Å². The van der Waals surface area contributed by atoms with Gasteiger partial charge in [0.2, 0.25) is 0 Å². The first-order valence-corrected chi connectivity index (χ1v) is 6.49. The molecule has 1 unspecified atom stereocenters. The highest BCUT2D eigenvalue weighted by Gasteiger charge is 2.21. The Bertz CT molecular complexity index is 361. The van der Waals surface area contributed by atoms with E-state index < -0.39 is 12.5 Å². The van der Waals surface area contributed by atoms with Crippen LogP contribution in [-0.4, -0.2) is 22.2 Å². The fourth-order valence-corrected chi connectivity index (χ4v) is 2.48. The number of nitrogens with zero attached hydrogens (tertiary/aromatic N) is 2. The first-order chi connectivity index (χ1) is 8.70. The van der Waals surface area contributed by atoms with Crippen LogP contribution < -0.4 is 11.3 Å². The Kier molecular flexibility index (Phi) is 4.66. The number of hydrogen-bond acceptors (Lipinski definition) is 3. The molecule has 2 rings (SSSR count). The highest BCUT2D eigenvalue weighted by molar-refractivity contribution is 5.02. The van der Waals surface area contributed by atoms with E-state index in [-0.39, 0.29) is 6.42 Å². The van der Waals surface area contributed by atoms with E-state index in [4.69, 9.17) is 5.84 Å². The molecule has 1 aliphatic rings. The van der Waals surface area contributed by atoms with Crippen LogP contribution in [0.5, 0.6) is 0 Å². The SMILES string of the molecule is NNC(Cc1ccn(C2CCCCC2)n1)C(F)F. The van der Waals surface area contributed by atoms with E-state index in [2.05, 4.69) is 10.5 Å². The second-order valence-electron chi connectivity index (χ2n) is 4.89. The van der Waals surface area contributed by atoms with Crippen LogP contribution in [0.1, 0.15) is 43.8 Å². The Morgan fingerprint density at radius 3 is 2.72 bits per heavy atom. The van der Waals surface area contributed by atoms with Gasteiger partial charge in [-0.15, -0.1) is 0 Å². The van der Waals surface area contributed by atoms with E-state index in [9.17, 15) is 8.78 Å². The molecule has 1 fully saturated rings. The second-order valence-corrected chi connectivity index (χ2v) is 4.89.